The zero-order valence-corrected chi connectivity index (χ0v) is 33.6. The Morgan fingerprint density at radius 2 is 0.710 bits per heavy atom. The van der Waals surface area contributed by atoms with Crippen molar-refractivity contribution in [2.24, 2.45) is 0 Å². The molecule has 0 atom stereocenters. The van der Waals surface area contributed by atoms with Crippen molar-refractivity contribution in [1.82, 2.24) is 15.0 Å². The lowest BCUT2D eigenvalue weighted by Gasteiger charge is -2.33. The number of hydrogen-bond acceptors (Lipinski definition) is 4. The Morgan fingerprint density at radius 1 is 0.290 bits per heavy atom. The van der Waals surface area contributed by atoms with E-state index in [2.05, 4.69) is 212 Å². The summed E-state index contributed by atoms with van der Waals surface area (Å²) in [7, 11) is 0. The molecule has 9 aromatic carbocycles. The summed E-state index contributed by atoms with van der Waals surface area (Å²) in [5.41, 5.74) is 15.7. The summed E-state index contributed by atoms with van der Waals surface area (Å²) in [6.07, 6.45) is 0. The molecule has 0 N–H and O–H groups in total. The SMILES string of the molecule is c1ccc(-c2cccc(-c3nc(-c4cccc(-c5ccccc5)c4)nc(-c4ccc5c(c4)oc4cc(C6(c7ccccc7)c7ccccc7-c7ccccc76)ccc45)n3)c2)cc1. The van der Waals surface area contributed by atoms with Gasteiger partial charge in [-0.25, -0.2) is 15.0 Å². The molecule has 2 aromatic heterocycles. The lowest BCUT2D eigenvalue weighted by atomic mass is 9.67. The predicted molar refractivity (Wildman–Crippen MR) is 252 cm³/mol. The van der Waals surface area contributed by atoms with Gasteiger partial charge in [0.05, 0.1) is 5.41 Å². The van der Waals surface area contributed by atoms with Crippen LogP contribution in [0.25, 0.3) is 89.5 Å². The fourth-order valence-electron chi connectivity index (χ4n) is 9.56. The van der Waals surface area contributed by atoms with E-state index in [4.69, 9.17) is 19.4 Å². The molecule has 4 heteroatoms. The maximum atomic E-state index is 6.86. The van der Waals surface area contributed by atoms with Crippen molar-refractivity contribution in [3.8, 4) is 67.5 Å². The van der Waals surface area contributed by atoms with Crippen LogP contribution in [0.1, 0.15) is 22.3 Å². The molecule has 0 bridgehead atoms. The van der Waals surface area contributed by atoms with Gasteiger partial charge in [0.25, 0.3) is 0 Å². The zero-order chi connectivity index (χ0) is 41.0. The van der Waals surface area contributed by atoms with Crippen molar-refractivity contribution in [3.05, 3.63) is 247 Å². The van der Waals surface area contributed by atoms with E-state index in [0.717, 1.165) is 66.4 Å². The van der Waals surface area contributed by atoms with E-state index in [1.165, 1.54) is 27.8 Å². The van der Waals surface area contributed by atoms with E-state index < -0.39 is 5.41 Å². The fourth-order valence-corrected chi connectivity index (χ4v) is 9.56. The van der Waals surface area contributed by atoms with Crippen LogP contribution >= 0.6 is 0 Å². The molecule has 1 aliphatic rings. The van der Waals surface area contributed by atoms with Crippen molar-refractivity contribution < 1.29 is 4.42 Å². The molecule has 0 saturated heterocycles. The highest BCUT2D eigenvalue weighted by molar-refractivity contribution is 6.06. The average molecular weight is 792 g/mol. The van der Waals surface area contributed by atoms with Gasteiger partial charge in [-0.2, -0.15) is 0 Å². The topological polar surface area (TPSA) is 51.8 Å². The van der Waals surface area contributed by atoms with Gasteiger partial charge in [0.2, 0.25) is 0 Å². The molecule has 1 aliphatic carbocycles. The maximum Gasteiger partial charge on any atom is 0.164 e. The lowest BCUT2D eigenvalue weighted by molar-refractivity contribution is 0.665. The predicted octanol–water partition coefficient (Wildman–Crippen LogP) is 14.5. The van der Waals surface area contributed by atoms with E-state index in [1.807, 2.05) is 12.1 Å². The number of aromatic nitrogens is 3. The molecule has 2 heterocycles. The minimum absolute atomic E-state index is 0.514. The van der Waals surface area contributed by atoms with Gasteiger partial charge in [-0.1, -0.05) is 194 Å². The number of fused-ring (bicyclic) bond motifs is 6. The molecule has 11 aromatic rings. The summed E-state index contributed by atoms with van der Waals surface area (Å²) < 4.78 is 6.86. The quantitative estimate of drug-likeness (QED) is 0.161. The van der Waals surface area contributed by atoms with Gasteiger partial charge in [-0.3, -0.25) is 0 Å². The summed E-state index contributed by atoms with van der Waals surface area (Å²) in [5.74, 6) is 1.78. The summed E-state index contributed by atoms with van der Waals surface area (Å²) in [6, 6.07) is 79.2. The van der Waals surface area contributed by atoms with Crippen molar-refractivity contribution >= 4 is 21.9 Å². The van der Waals surface area contributed by atoms with Gasteiger partial charge in [0.1, 0.15) is 11.2 Å². The van der Waals surface area contributed by atoms with E-state index in [0.29, 0.717) is 17.5 Å². The maximum absolute atomic E-state index is 6.86. The monoisotopic (exact) mass is 791 g/mol. The molecule has 0 amide bonds. The Bertz CT molecular complexity index is 3320. The van der Waals surface area contributed by atoms with Crippen LogP contribution in [0.3, 0.4) is 0 Å². The molecule has 0 fully saturated rings. The number of nitrogens with zero attached hydrogens (tertiary/aromatic N) is 3. The highest BCUT2D eigenvalue weighted by Gasteiger charge is 2.46. The second kappa shape index (κ2) is 14.5. The minimum atomic E-state index is -0.514. The second-order valence-electron chi connectivity index (χ2n) is 15.9. The molecule has 0 spiro atoms. The van der Waals surface area contributed by atoms with Crippen LogP contribution in [0.2, 0.25) is 0 Å². The van der Waals surface area contributed by atoms with Gasteiger partial charge in [-0.15, -0.1) is 0 Å². The average Bonchev–Trinajstić information content (AvgIpc) is 3.88. The molecule has 290 valence electrons. The molecule has 4 nitrogen and oxygen atoms in total. The summed E-state index contributed by atoms with van der Waals surface area (Å²) in [4.78, 5) is 15.5. The van der Waals surface area contributed by atoms with Gasteiger partial charge in [-0.05, 0) is 86.0 Å². The first kappa shape index (κ1) is 35.7. The molecular weight excluding hydrogens is 755 g/mol. The lowest BCUT2D eigenvalue weighted by Crippen LogP contribution is -2.28. The Hall–Kier alpha value is -8.21. The fraction of sp³-hybridized carbons (Fsp3) is 0.0172. The largest absolute Gasteiger partial charge is 0.456 e. The Morgan fingerprint density at radius 3 is 1.26 bits per heavy atom. The standard InChI is InChI=1S/C58H37N3O/c1-4-16-38(17-5-1)40-20-14-22-42(34-40)55-59-56(43-23-15-21-41(35-43)39-18-6-2-7-19-39)61-57(60-55)44-30-32-49-50-33-31-46(37-54(50)62-53(49)36-44)58(45-24-8-3-9-25-45)51-28-12-10-26-47(51)48-27-11-13-29-52(48)58/h1-37H. The number of benzene rings is 9. The summed E-state index contributed by atoms with van der Waals surface area (Å²) in [5, 5.41) is 2.10. The van der Waals surface area contributed by atoms with Gasteiger partial charge < -0.3 is 4.42 Å². The molecular formula is C58H37N3O. The van der Waals surface area contributed by atoms with Crippen LogP contribution in [0, 0.1) is 0 Å². The van der Waals surface area contributed by atoms with Crippen molar-refractivity contribution in [1.29, 1.82) is 0 Å². The third-order valence-corrected chi connectivity index (χ3v) is 12.4. The molecule has 0 aliphatic heterocycles. The Balaban J connectivity index is 1.01. The molecule has 12 rings (SSSR count). The van der Waals surface area contributed by atoms with Crippen LogP contribution in [-0.2, 0) is 5.41 Å². The molecule has 0 saturated carbocycles. The van der Waals surface area contributed by atoms with Crippen LogP contribution in [0.5, 0.6) is 0 Å². The second-order valence-corrected chi connectivity index (χ2v) is 15.9. The van der Waals surface area contributed by atoms with Crippen LogP contribution in [-0.4, -0.2) is 15.0 Å². The van der Waals surface area contributed by atoms with Crippen molar-refractivity contribution in [2.75, 3.05) is 0 Å². The van der Waals surface area contributed by atoms with E-state index in [-0.39, 0.29) is 0 Å². The highest BCUT2D eigenvalue weighted by Crippen LogP contribution is 2.56. The van der Waals surface area contributed by atoms with Gasteiger partial charge in [0.15, 0.2) is 17.5 Å². The van der Waals surface area contributed by atoms with Crippen LogP contribution < -0.4 is 0 Å². The first-order valence-corrected chi connectivity index (χ1v) is 21.0. The highest BCUT2D eigenvalue weighted by atomic mass is 16.3. The van der Waals surface area contributed by atoms with E-state index >= 15 is 0 Å². The zero-order valence-electron chi connectivity index (χ0n) is 33.6. The van der Waals surface area contributed by atoms with Crippen molar-refractivity contribution in [3.63, 3.8) is 0 Å². The van der Waals surface area contributed by atoms with Gasteiger partial charge >= 0.3 is 0 Å². The van der Waals surface area contributed by atoms with Crippen molar-refractivity contribution in [2.45, 2.75) is 5.41 Å². The third kappa shape index (κ3) is 5.80. The smallest absolute Gasteiger partial charge is 0.164 e. The number of furan rings is 1. The third-order valence-electron chi connectivity index (χ3n) is 12.4. The molecule has 62 heavy (non-hydrogen) atoms. The summed E-state index contributed by atoms with van der Waals surface area (Å²) in [6.45, 7) is 0. The molecule has 0 radical (unpaired) electrons. The Labute approximate surface area is 359 Å². The van der Waals surface area contributed by atoms with Crippen LogP contribution in [0.15, 0.2) is 229 Å². The summed E-state index contributed by atoms with van der Waals surface area (Å²) >= 11 is 0. The first-order valence-electron chi connectivity index (χ1n) is 21.0. The van der Waals surface area contributed by atoms with Gasteiger partial charge in [0, 0.05) is 27.5 Å². The van der Waals surface area contributed by atoms with Crippen LogP contribution in [0.4, 0.5) is 0 Å². The number of hydrogen-bond donors (Lipinski definition) is 0. The minimum Gasteiger partial charge on any atom is -0.456 e. The Kier molecular flexibility index (Phi) is 8.36. The normalized spacial score (nSPS) is 12.6. The first-order chi connectivity index (χ1) is 30.7. The van der Waals surface area contributed by atoms with E-state index in [9.17, 15) is 0 Å². The molecule has 0 unspecified atom stereocenters. The van der Waals surface area contributed by atoms with E-state index in [1.54, 1.807) is 0 Å². The number of rotatable bonds is 7.